The number of fused-ring (bicyclic) bond motifs is 1. The Morgan fingerprint density at radius 1 is 1.16 bits per heavy atom. The smallest absolute Gasteiger partial charge is 0.255 e. The maximum atomic E-state index is 13.0. The number of rotatable bonds is 6. The zero-order chi connectivity index (χ0) is 22.1. The summed E-state index contributed by atoms with van der Waals surface area (Å²) in [7, 11) is 0. The van der Waals surface area contributed by atoms with Crippen molar-refractivity contribution in [3.63, 3.8) is 0 Å². The van der Waals surface area contributed by atoms with E-state index in [0.29, 0.717) is 25.1 Å². The molecule has 0 aliphatic carbocycles. The topological polar surface area (TPSA) is 108 Å². The fraction of sp³-hybridized carbons (Fsp3) is 0.478. The summed E-state index contributed by atoms with van der Waals surface area (Å²) in [6.07, 6.45) is 6.48. The number of aromatic nitrogens is 2. The van der Waals surface area contributed by atoms with Crippen LogP contribution in [0.5, 0.6) is 0 Å². The minimum atomic E-state index is -0.591. The van der Waals surface area contributed by atoms with Crippen LogP contribution in [0.1, 0.15) is 47.2 Å². The molecule has 9 nitrogen and oxygen atoms in total. The van der Waals surface area contributed by atoms with Gasteiger partial charge in [-0.25, -0.2) is 0 Å². The van der Waals surface area contributed by atoms with Crippen LogP contribution in [-0.4, -0.2) is 58.1 Å². The molecular weight excluding hydrogens is 408 g/mol. The van der Waals surface area contributed by atoms with Crippen molar-refractivity contribution in [2.75, 3.05) is 19.6 Å². The summed E-state index contributed by atoms with van der Waals surface area (Å²) in [5.41, 5.74) is 2.61. The van der Waals surface area contributed by atoms with Crippen molar-refractivity contribution in [2.45, 2.75) is 50.4 Å². The highest BCUT2D eigenvalue weighted by Crippen LogP contribution is 2.30. The number of nitrogens with one attached hydrogen (secondary N) is 3. The van der Waals surface area contributed by atoms with Crippen LogP contribution in [0, 0.1) is 0 Å². The predicted octanol–water partition coefficient (Wildman–Crippen LogP) is 0.513. The number of imide groups is 1. The molecule has 1 aromatic heterocycles. The van der Waals surface area contributed by atoms with Gasteiger partial charge in [0.05, 0.1) is 5.54 Å². The van der Waals surface area contributed by atoms with Gasteiger partial charge >= 0.3 is 0 Å². The second-order valence-corrected chi connectivity index (χ2v) is 8.87. The fourth-order valence-corrected chi connectivity index (χ4v) is 5.17. The minimum absolute atomic E-state index is 0.0682. The summed E-state index contributed by atoms with van der Waals surface area (Å²) in [4.78, 5) is 38.4. The molecule has 2 aromatic rings. The quantitative estimate of drug-likeness (QED) is 0.570. The van der Waals surface area contributed by atoms with Crippen molar-refractivity contribution in [2.24, 2.45) is 0 Å². The van der Waals surface area contributed by atoms with Crippen LogP contribution in [0.25, 0.3) is 0 Å². The Kier molecular flexibility index (Phi) is 5.52. The maximum absolute atomic E-state index is 13.0. The molecule has 1 aromatic carbocycles. The average molecular weight is 437 g/mol. The summed E-state index contributed by atoms with van der Waals surface area (Å²) < 4.78 is 2.07. The molecule has 0 radical (unpaired) electrons. The van der Waals surface area contributed by atoms with Crippen molar-refractivity contribution in [3.05, 3.63) is 53.3 Å². The summed E-state index contributed by atoms with van der Waals surface area (Å²) in [5.74, 6) is -0.791. The SMILES string of the molecule is O=C1CCC(N2Cc3c(CNCC4(n5cccn5)CCNCC4)cccc3C2=O)C(=O)N1. The van der Waals surface area contributed by atoms with Gasteiger partial charge in [0.15, 0.2) is 0 Å². The first-order valence-corrected chi connectivity index (χ1v) is 11.2. The molecule has 1 atom stereocenters. The summed E-state index contributed by atoms with van der Waals surface area (Å²) >= 11 is 0. The van der Waals surface area contributed by atoms with Crippen molar-refractivity contribution < 1.29 is 14.4 Å². The molecule has 3 amide bonds. The van der Waals surface area contributed by atoms with Gasteiger partial charge in [0.2, 0.25) is 11.8 Å². The molecule has 4 heterocycles. The third-order valence-electron chi connectivity index (χ3n) is 6.97. The maximum Gasteiger partial charge on any atom is 0.255 e. The normalized spacial score (nSPS) is 22.7. The van der Waals surface area contributed by atoms with Gasteiger partial charge in [-0.05, 0) is 55.6 Å². The minimum Gasteiger partial charge on any atom is -0.322 e. The van der Waals surface area contributed by atoms with Gasteiger partial charge in [-0.1, -0.05) is 12.1 Å². The van der Waals surface area contributed by atoms with Gasteiger partial charge in [-0.3, -0.25) is 24.4 Å². The van der Waals surface area contributed by atoms with E-state index < -0.39 is 6.04 Å². The largest absolute Gasteiger partial charge is 0.322 e. The molecule has 3 aliphatic heterocycles. The predicted molar refractivity (Wildman–Crippen MR) is 116 cm³/mol. The van der Waals surface area contributed by atoms with Crippen molar-refractivity contribution in [3.8, 4) is 0 Å². The van der Waals surface area contributed by atoms with E-state index >= 15 is 0 Å². The number of benzene rings is 1. The van der Waals surface area contributed by atoms with Gasteiger partial charge < -0.3 is 15.5 Å². The molecule has 3 N–H and O–H groups in total. The average Bonchev–Trinajstić information content (AvgIpc) is 3.45. The molecule has 2 saturated heterocycles. The summed E-state index contributed by atoms with van der Waals surface area (Å²) in [5, 5.41) is 13.9. The van der Waals surface area contributed by atoms with Crippen LogP contribution < -0.4 is 16.0 Å². The summed E-state index contributed by atoms with van der Waals surface area (Å²) in [6, 6.07) is 7.13. The van der Waals surface area contributed by atoms with Crippen molar-refractivity contribution >= 4 is 17.7 Å². The van der Waals surface area contributed by atoms with E-state index in [1.54, 1.807) is 4.90 Å². The number of amides is 3. The second kappa shape index (κ2) is 8.48. The molecule has 0 saturated carbocycles. The number of hydrogen-bond donors (Lipinski definition) is 3. The van der Waals surface area contributed by atoms with E-state index in [9.17, 15) is 14.4 Å². The first-order chi connectivity index (χ1) is 15.6. The van der Waals surface area contributed by atoms with E-state index in [1.165, 1.54) is 0 Å². The van der Waals surface area contributed by atoms with E-state index in [0.717, 1.165) is 43.6 Å². The van der Waals surface area contributed by atoms with Crippen molar-refractivity contribution in [1.82, 2.24) is 30.6 Å². The lowest BCUT2D eigenvalue weighted by Gasteiger charge is -2.38. The molecule has 1 unspecified atom stereocenters. The number of hydrogen-bond acceptors (Lipinski definition) is 6. The van der Waals surface area contributed by atoms with Gasteiger partial charge in [-0.15, -0.1) is 0 Å². The molecule has 168 valence electrons. The third kappa shape index (κ3) is 3.71. The molecule has 32 heavy (non-hydrogen) atoms. The van der Waals surface area contributed by atoms with Gasteiger partial charge in [0, 0.05) is 44.0 Å². The zero-order valence-corrected chi connectivity index (χ0v) is 18.0. The molecule has 3 aliphatic rings. The van der Waals surface area contributed by atoms with Gasteiger partial charge in [0.25, 0.3) is 5.91 Å². The van der Waals surface area contributed by atoms with Crippen LogP contribution in [0.2, 0.25) is 0 Å². The first kappa shape index (κ1) is 20.8. The molecule has 9 heteroatoms. The standard InChI is InChI=1S/C23H28N6O3/c30-20-6-5-19(21(31)27-20)28-14-18-16(3-1-4-17(18)22(28)32)13-25-15-23(7-10-24-11-8-23)29-12-2-9-26-29/h1-4,9,12,19,24-25H,5-8,10-11,13-15H2,(H,27,30,31). The van der Waals surface area contributed by atoms with Crippen LogP contribution in [-0.2, 0) is 28.2 Å². The first-order valence-electron chi connectivity index (χ1n) is 11.2. The second-order valence-electron chi connectivity index (χ2n) is 8.87. The Balaban J connectivity index is 1.30. The van der Waals surface area contributed by atoms with E-state index in [4.69, 9.17) is 0 Å². The highest BCUT2D eigenvalue weighted by Gasteiger charge is 2.40. The van der Waals surface area contributed by atoms with E-state index in [2.05, 4.69) is 25.7 Å². The third-order valence-corrected chi connectivity index (χ3v) is 6.97. The summed E-state index contributed by atoms with van der Waals surface area (Å²) in [6.45, 7) is 3.73. The monoisotopic (exact) mass is 436 g/mol. The lowest BCUT2D eigenvalue weighted by atomic mass is 9.88. The molecular formula is C23H28N6O3. The Bertz CT molecular complexity index is 1030. The van der Waals surface area contributed by atoms with Crippen LogP contribution >= 0.6 is 0 Å². The lowest BCUT2D eigenvalue weighted by Crippen LogP contribution is -2.52. The molecule has 0 spiro atoms. The van der Waals surface area contributed by atoms with Crippen LogP contribution in [0.15, 0.2) is 36.7 Å². The van der Waals surface area contributed by atoms with E-state index in [-0.39, 0.29) is 29.7 Å². The Morgan fingerprint density at radius 3 is 2.75 bits per heavy atom. The highest BCUT2D eigenvalue weighted by atomic mass is 16.2. The fourth-order valence-electron chi connectivity index (χ4n) is 5.17. The zero-order valence-electron chi connectivity index (χ0n) is 18.0. The molecule has 2 fully saturated rings. The van der Waals surface area contributed by atoms with E-state index in [1.807, 2.05) is 36.7 Å². The Hall–Kier alpha value is -3.04. The number of nitrogens with zero attached hydrogens (tertiary/aromatic N) is 3. The van der Waals surface area contributed by atoms with Gasteiger partial charge in [-0.2, -0.15) is 5.10 Å². The van der Waals surface area contributed by atoms with Crippen LogP contribution in [0.3, 0.4) is 0 Å². The number of piperidine rings is 2. The highest BCUT2D eigenvalue weighted by molar-refractivity contribution is 6.05. The molecule has 5 rings (SSSR count). The Labute approximate surface area is 186 Å². The van der Waals surface area contributed by atoms with Gasteiger partial charge in [0.1, 0.15) is 6.04 Å². The lowest BCUT2D eigenvalue weighted by molar-refractivity contribution is -0.136. The number of carbonyl (C=O) groups excluding carboxylic acids is 3. The molecule has 0 bridgehead atoms. The van der Waals surface area contributed by atoms with Crippen molar-refractivity contribution in [1.29, 1.82) is 0 Å². The Morgan fingerprint density at radius 2 is 2.00 bits per heavy atom. The van der Waals surface area contributed by atoms with Crippen LogP contribution in [0.4, 0.5) is 0 Å². The number of carbonyl (C=O) groups is 3.